The summed E-state index contributed by atoms with van der Waals surface area (Å²) in [7, 11) is 0. The topological polar surface area (TPSA) is 59.6 Å². The molecule has 2 N–H and O–H groups in total. The lowest BCUT2D eigenvalue weighted by Gasteiger charge is -2.22. The molecule has 1 atom stereocenters. The van der Waals surface area contributed by atoms with E-state index in [1.165, 1.54) is 6.42 Å². The normalized spacial score (nSPS) is 17.7. The van der Waals surface area contributed by atoms with Crippen LogP contribution in [0.5, 0.6) is 0 Å². The number of anilines is 1. The van der Waals surface area contributed by atoms with E-state index in [4.69, 9.17) is 9.47 Å². The van der Waals surface area contributed by atoms with Crippen LogP contribution in [0, 0.1) is 0 Å². The highest BCUT2D eigenvalue weighted by Gasteiger charge is 2.13. The second-order valence-corrected chi connectivity index (χ2v) is 5.33. The molecule has 1 heterocycles. The number of hydrogen-bond donors (Lipinski definition) is 2. The predicted molar refractivity (Wildman–Crippen MR) is 86.9 cm³/mol. The Labute approximate surface area is 131 Å². The Hall–Kier alpha value is -1.85. The van der Waals surface area contributed by atoms with Gasteiger partial charge in [-0.15, -0.1) is 6.58 Å². The first-order valence-corrected chi connectivity index (χ1v) is 7.72. The van der Waals surface area contributed by atoms with Gasteiger partial charge in [0.05, 0.1) is 19.3 Å². The molecule has 22 heavy (non-hydrogen) atoms. The highest BCUT2D eigenvalue weighted by atomic mass is 16.5. The Bertz CT molecular complexity index is 485. The van der Waals surface area contributed by atoms with Crippen molar-refractivity contribution in [3.63, 3.8) is 0 Å². The third-order valence-electron chi connectivity index (χ3n) is 3.44. The smallest absolute Gasteiger partial charge is 0.319 e. The Balaban J connectivity index is 1.75. The fourth-order valence-electron chi connectivity index (χ4n) is 2.33. The van der Waals surface area contributed by atoms with Gasteiger partial charge in [-0.3, -0.25) is 0 Å². The van der Waals surface area contributed by atoms with Crippen LogP contribution in [0.3, 0.4) is 0 Å². The molecule has 5 nitrogen and oxygen atoms in total. The van der Waals surface area contributed by atoms with E-state index >= 15 is 0 Å². The SMILES string of the molecule is C=CCNC(=O)Nc1cccc(COCC2CCCCO2)c1. The zero-order valence-corrected chi connectivity index (χ0v) is 12.8. The first-order chi connectivity index (χ1) is 10.8. The van der Waals surface area contributed by atoms with Crippen LogP contribution in [0.2, 0.25) is 0 Å². The Morgan fingerprint density at radius 2 is 2.36 bits per heavy atom. The molecule has 120 valence electrons. The maximum Gasteiger partial charge on any atom is 0.319 e. The van der Waals surface area contributed by atoms with E-state index in [-0.39, 0.29) is 12.1 Å². The molecule has 0 saturated carbocycles. The van der Waals surface area contributed by atoms with E-state index in [0.29, 0.717) is 19.8 Å². The van der Waals surface area contributed by atoms with E-state index in [0.717, 1.165) is 30.7 Å². The van der Waals surface area contributed by atoms with Gasteiger partial charge >= 0.3 is 6.03 Å². The average Bonchev–Trinajstić information content (AvgIpc) is 2.54. The van der Waals surface area contributed by atoms with Gasteiger partial charge in [0.1, 0.15) is 0 Å². The summed E-state index contributed by atoms with van der Waals surface area (Å²) in [5, 5.41) is 5.45. The monoisotopic (exact) mass is 304 g/mol. The van der Waals surface area contributed by atoms with Gasteiger partial charge in [0.25, 0.3) is 0 Å². The summed E-state index contributed by atoms with van der Waals surface area (Å²) in [5.41, 5.74) is 1.77. The lowest BCUT2D eigenvalue weighted by molar-refractivity contribution is -0.0447. The minimum Gasteiger partial charge on any atom is -0.376 e. The van der Waals surface area contributed by atoms with Crippen LogP contribution < -0.4 is 10.6 Å². The molecule has 1 aromatic carbocycles. The summed E-state index contributed by atoms with van der Waals surface area (Å²) in [5.74, 6) is 0. The summed E-state index contributed by atoms with van der Waals surface area (Å²) in [6.07, 6.45) is 5.30. The Kier molecular flexibility index (Phi) is 6.93. The highest BCUT2D eigenvalue weighted by molar-refractivity contribution is 5.89. The zero-order chi connectivity index (χ0) is 15.6. The molecule has 2 amide bonds. The van der Waals surface area contributed by atoms with Crippen molar-refractivity contribution in [2.75, 3.05) is 25.1 Å². The van der Waals surface area contributed by atoms with E-state index < -0.39 is 0 Å². The molecule has 0 bridgehead atoms. The molecule has 5 heteroatoms. The molecule has 0 aromatic heterocycles. The number of amides is 2. The predicted octanol–water partition coefficient (Wildman–Crippen LogP) is 3.08. The molecule has 2 rings (SSSR count). The van der Waals surface area contributed by atoms with Crippen molar-refractivity contribution in [1.29, 1.82) is 0 Å². The number of ether oxygens (including phenoxy) is 2. The summed E-state index contributed by atoms with van der Waals surface area (Å²) in [6, 6.07) is 7.40. The molecule has 0 radical (unpaired) electrons. The number of rotatable bonds is 7. The van der Waals surface area contributed by atoms with Gasteiger partial charge in [0.2, 0.25) is 0 Å². The van der Waals surface area contributed by atoms with Gasteiger partial charge in [-0.05, 0) is 37.0 Å². The lowest BCUT2D eigenvalue weighted by Crippen LogP contribution is -2.28. The van der Waals surface area contributed by atoms with E-state index in [1.54, 1.807) is 6.08 Å². The number of nitrogens with one attached hydrogen (secondary N) is 2. The van der Waals surface area contributed by atoms with Gasteiger partial charge in [0, 0.05) is 18.8 Å². The molecular weight excluding hydrogens is 280 g/mol. The second-order valence-electron chi connectivity index (χ2n) is 5.33. The van der Waals surface area contributed by atoms with Crippen LogP contribution >= 0.6 is 0 Å². The molecule has 1 unspecified atom stereocenters. The zero-order valence-electron chi connectivity index (χ0n) is 12.8. The van der Waals surface area contributed by atoms with Crippen molar-refractivity contribution < 1.29 is 14.3 Å². The maximum atomic E-state index is 11.6. The minimum absolute atomic E-state index is 0.222. The van der Waals surface area contributed by atoms with Crippen LogP contribution in [0.1, 0.15) is 24.8 Å². The van der Waals surface area contributed by atoms with Crippen LogP contribution in [0.4, 0.5) is 10.5 Å². The maximum absolute atomic E-state index is 11.6. The summed E-state index contributed by atoms with van der Waals surface area (Å²) in [4.78, 5) is 11.6. The Morgan fingerprint density at radius 1 is 1.45 bits per heavy atom. The molecule has 1 fully saturated rings. The van der Waals surface area contributed by atoms with E-state index in [9.17, 15) is 4.79 Å². The van der Waals surface area contributed by atoms with Crippen molar-refractivity contribution in [2.45, 2.75) is 32.0 Å². The molecule has 1 aliphatic heterocycles. The average molecular weight is 304 g/mol. The minimum atomic E-state index is -0.242. The van der Waals surface area contributed by atoms with Crippen LogP contribution in [-0.2, 0) is 16.1 Å². The van der Waals surface area contributed by atoms with Crippen molar-refractivity contribution in [1.82, 2.24) is 5.32 Å². The molecule has 1 saturated heterocycles. The molecule has 0 spiro atoms. The van der Waals surface area contributed by atoms with Gasteiger partial charge in [-0.25, -0.2) is 4.79 Å². The fourth-order valence-corrected chi connectivity index (χ4v) is 2.33. The fraction of sp³-hybridized carbons (Fsp3) is 0.471. The van der Waals surface area contributed by atoms with E-state index in [1.807, 2.05) is 24.3 Å². The summed E-state index contributed by atoms with van der Waals surface area (Å²) < 4.78 is 11.3. The van der Waals surface area contributed by atoms with Crippen molar-refractivity contribution in [3.05, 3.63) is 42.5 Å². The largest absolute Gasteiger partial charge is 0.376 e. The van der Waals surface area contributed by atoms with Crippen molar-refractivity contribution in [3.8, 4) is 0 Å². The highest BCUT2D eigenvalue weighted by Crippen LogP contribution is 2.15. The Morgan fingerprint density at radius 3 is 3.14 bits per heavy atom. The van der Waals surface area contributed by atoms with Crippen LogP contribution in [0.25, 0.3) is 0 Å². The van der Waals surface area contributed by atoms with Crippen molar-refractivity contribution >= 4 is 11.7 Å². The van der Waals surface area contributed by atoms with Gasteiger partial charge < -0.3 is 20.1 Å². The van der Waals surface area contributed by atoms with Gasteiger partial charge in [-0.1, -0.05) is 18.2 Å². The van der Waals surface area contributed by atoms with Crippen LogP contribution in [0.15, 0.2) is 36.9 Å². The van der Waals surface area contributed by atoms with E-state index in [2.05, 4.69) is 17.2 Å². The number of benzene rings is 1. The standard InChI is InChI=1S/C17H24N2O3/c1-2-9-18-17(20)19-15-7-5-6-14(11-15)12-21-13-16-8-3-4-10-22-16/h2,5-7,11,16H,1,3-4,8-10,12-13H2,(H2,18,19,20). The van der Waals surface area contributed by atoms with Gasteiger partial charge in [0.15, 0.2) is 0 Å². The van der Waals surface area contributed by atoms with Gasteiger partial charge in [-0.2, -0.15) is 0 Å². The number of carbonyl (C=O) groups excluding carboxylic acids is 1. The van der Waals surface area contributed by atoms with Crippen molar-refractivity contribution in [2.24, 2.45) is 0 Å². The molecule has 0 aliphatic carbocycles. The first kappa shape index (κ1) is 16.5. The quantitative estimate of drug-likeness (QED) is 0.761. The third kappa shape index (κ3) is 5.87. The molecular formula is C17H24N2O3. The number of hydrogen-bond acceptors (Lipinski definition) is 3. The molecule has 1 aliphatic rings. The summed E-state index contributed by atoms with van der Waals surface area (Å²) in [6.45, 7) is 5.98. The second kappa shape index (κ2) is 9.23. The first-order valence-electron chi connectivity index (χ1n) is 7.72. The number of urea groups is 1. The summed E-state index contributed by atoms with van der Waals surface area (Å²) >= 11 is 0. The number of carbonyl (C=O) groups is 1. The molecule has 1 aromatic rings. The van der Waals surface area contributed by atoms with Crippen LogP contribution in [-0.4, -0.2) is 31.9 Å². The lowest BCUT2D eigenvalue weighted by atomic mass is 10.1. The third-order valence-corrected chi connectivity index (χ3v) is 3.44.